The van der Waals surface area contributed by atoms with Crippen LogP contribution in [0, 0.1) is 0 Å². The second-order valence-corrected chi connectivity index (χ2v) is 7.77. The van der Waals surface area contributed by atoms with Gasteiger partial charge in [0.15, 0.2) is 11.9 Å². The Morgan fingerprint density at radius 2 is 1.97 bits per heavy atom. The number of anilines is 3. The van der Waals surface area contributed by atoms with Gasteiger partial charge in [0.25, 0.3) is 5.91 Å². The molecule has 1 fully saturated rings. The molecule has 3 aromatic rings. The summed E-state index contributed by atoms with van der Waals surface area (Å²) in [5.41, 5.74) is 0.676. The number of hydrogen-bond donors (Lipinski definition) is 2. The van der Waals surface area contributed by atoms with Crippen LogP contribution in [-0.2, 0) is 9.53 Å². The standard InChI is InChI=1S/C19H22N8O2S/c1-29-16(13-4-2-8-20-12-13)17(28)23-19-26-25-18(30-19)22-14-6-10-27(11-7-14)15-5-3-9-21-24-15/h2-5,8-9,12,14,16H,6-7,10-11H2,1H3,(H,22,25)(H,23,26,28)/t16-/m1/s1. The number of carbonyl (C=O) groups excluding carboxylic acids is 1. The second kappa shape index (κ2) is 9.55. The molecule has 30 heavy (non-hydrogen) atoms. The Hall–Kier alpha value is -3.18. The first-order chi connectivity index (χ1) is 14.7. The number of nitrogens with zero attached hydrogens (tertiary/aromatic N) is 6. The molecule has 0 saturated carbocycles. The highest BCUT2D eigenvalue weighted by Crippen LogP contribution is 2.26. The summed E-state index contributed by atoms with van der Waals surface area (Å²) in [7, 11) is 1.48. The third-order valence-electron chi connectivity index (χ3n) is 4.82. The van der Waals surface area contributed by atoms with E-state index in [1.807, 2.05) is 12.1 Å². The van der Waals surface area contributed by atoms with Gasteiger partial charge in [-0.2, -0.15) is 5.10 Å². The maximum atomic E-state index is 12.6. The second-order valence-electron chi connectivity index (χ2n) is 6.79. The Morgan fingerprint density at radius 1 is 1.17 bits per heavy atom. The zero-order chi connectivity index (χ0) is 20.8. The maximum Gasteiger partial charge on any atom is 0.260 e. The van der Waals surface area contributed by atoms with Crippen LogP contribution in [0.15, 0.2) is 42.9 Å². The van der Waals surface area contributed by atoms with E-state index in [4.69, 9.17) is 4.74 Å². The van der Waals surface area contributed by atoms with Gasteiger partial charge in [-0.3, -0.25) is 15.1 Å². The van der Waals surface area contributed by atoms with Crippen molar-refractivity contribution >= 4 is 33.3 Å². The Morgan fingerprint density at radius 3 is 2.67 bits per heavy atom. The van der Waals surface area contributed by atoms with Crippen LogP contribution in [0.2, 0.25) is 0 Å². The lowest BCUT2D eigenvalue weighted by molar-refractivity contribution is -0.126. The van der Waals surface area contributed by atoms with Crippen molar-refractivity contribution in [3.63, 3.8) is 0 Å². The number of pyridine rings is 1. The topological polar surface area (TPSA) is 118 Å². The van der Waals surface area contributed by atoms with Gasteiger partial charge in [-0.15, -0.1) is 15.3 Å². The van der Waals surface area contributed by atoms with Gasteiger partial charge in [0, 0.05) is 50.4 Å². The van der Waals surface area contributed by atoms with E-state index in [9.17, 15) is 4.79 Å². The molecule has 2 N–H and O–H groups in total. The first-order valence-electron chi connectivity index (χ1n) is 9.59. The number of methoxy groups -OCH3 is 1. The summed E-state index contributed by atoms with van der Waals surface area (Å²) < 4.78 is 5.32. The van der Waals surface area contributed by atoms with Gasteiger partial charge in [0.1, 0.15) is 0 Å². The number of piperidine rings is 1. The minimum Gasteiger partial charge on any atom is -0.367 e. The molecule has 11 heteroatoms. The molecule has 0 aromatic carbocycles. The Bertz CT molecular complexity index is 947. The van der Waals surface area contributed by atoms with Gasteiger partial charge in [-0.1, -0.05) is 17.4 Å². The average molecular weight is 427 g/mol. The monoisotopic (exact) mass is 426 g/mol. The molecule has 1 aliphatic heterocycles. The van der Waals surface area contributed by atoms with Crippen molar-refractivity contribution in [3.8, 4) is 0 Å². The van der Waals surface area contributed by atoms with Crippen molar-refractivity contribution in [2.24, 2.45) is 0 Å². The van der Waals surface area contributed by atoms with Crippen LogP contribution in [-0.4, -0.2) is 57.5 Å². The predicted octanol–water partition coefficient (Wildman–Crippen LogP) is 2.13. The number of hydrogen-bond acceptors (Lipinski definition) is 10. The van der Waals surface area contributed by atoms with Crippen LogP contribution in [0.25, 0.3) is 0 Å². The van der Waals surface area contributed by atoms with E-state index in [1.165, 1.54) is 18.4 Å². The van der Waals surface area contributed by atoms with E-state index < -0.39 is 6.10 Å². The molecule has 0 radical (unpaired) electrons. The molecule has 0 spiro atoms. The summed E-state index contributed by atoms with van der Waals surface area (Å²) in [6.45, 7) is 1.78. The fourth-order valence-electron chi connectivity index (χ4n) is 3.32. The first kappa shape index (κ1) is 20.1. The summed E-state index contributed by atoms with van der Waals surface area (Å²) >= 11 is 1.30. The molecule has 1 amide bonds. The number of nitrogens with one attached hydrogen (secondary N) is 2. The minimum absolute atomic E-state index is 0.288. The third-order valence-corrected chi connectivity index (χ3v) is 5.59. The number of aromatic nitrogens is 5. The van der Waals surface area contributed by atoms with Crippen LogP contribution in [0.3, 0.4) is 0 Å². The first-order valence-corrected chi connectivity index (χ1v) is 10.4. The van der Waals surface area contributed by atoms with Gasteiger partial charge in [0.05, 0.1) is 0 Å². The lowest BCUT2D eigenvalue weighted by atomic mass is 10.1. The molecule has 10 nitrogen and oxygen atoms in total. The molecule has 4 rings (SSSR count). The van der Waals surface area contributed by atoms with Crippen LogP contribution in [0.1, 0.15) is 24.5 Å². The average Bonchev–Trinajstić information content (AvgIpc) is 3.23. The molecule has 0 bridgehead atoms. The van der Waals surface area contributed by atoms with Crippen molar-refractivity contribution in [1.29, 1.82) is 0 Å². The summed E-state index contributed by atoms with van der Waals surface area (Å²) in [4.78, 5) is 18.8. The van der Waals surface area contributed by atoms with E-state index in [0.717, 1.165) is 31.7 Å². The van der Waals surface area contributed by atoms with E-state index in [2.05, 4.69) is 40.9 Å². The number of ether oxygens (including phenoxy) is 1. The number of rotatable bonds is 7. The minimum atomic E-state index is -0.760. The van der Waals surface area contributed by atoms with Gasteiger partial charge in [-0.25, -0.2) is 0 Å². The van der Waals surface area contributed by atoms with Gasteiger partial charge in [-0.05, 0) is 31.0 Å². The van der Waals surface area contributed by atoms with Crippen LogP contribution in [0.5, 0.6) is 0 Å². The molecule has 1 aliphatic rings. The molecule has 4 heterocycles. The lowest BCUT2D eigenvalue weighted by Crippen LogP contribution is -2.39. The summed E-state index contributed by atoms with van der Waals surface area (Å²) in [5.74, 6) is 0.587. The van der Waals surface area contributed by atoms with Crippen molar-refractivity contribution in [2.45, 2.75) is 25.0 Å². The van der Waals surface area contributed by atoms with Crippen LogP contribution in [0.4, 0.5) is 16.1 Å². The number of amides is 1. The maximum absolute atomic E-state index is 12.6. The van der Waals surface area contributed by atoms with E-state index in [0.29, 0.717) is 15.8 Å². The highest BCUT2D eigenvalue weighted by molar-refractivity contribution is 7.19. The molecule has 0 aliphatic carbocycles. The normalized spacial score (nSPS) is 15.6. The van der Waals surface area contributed by atoms with Crippen molar-refractivity contribution in [1.82, 2.24) is 25.4 Å². The van der Waals surface area contributed by atoms with E-state index in [1.54, 1.807) is 30.7 Å². The smallest absolute Gasteiger partial charge is 0.260 e. The van der Waals surface area contributed by atoms with Crippen molar-refractivity contribution < 1.29 is 9.53 Å². The highest BCUT2D eigenvalue weighted by Gasteiger charge is 2.23. The zero-order valence-electron chi connectivity index (χ0n) is 16.4. The summed E-state index contributed by atoms with van der Waals surface area (Å²) in [5, 5.41) is 23.6. The van der Waals surface area contributed by atoms with E-state index in [-0.39, 0.29) is 11.9 Å². The molecular formula is C19H22N8O2S. The number of carbonyl (C=O) groups is 1. The van der Waals surface area contributed by atoms with Crippen LogP contribution >= 0.6 is 11.3 Å². The molecule has 1 saturated heterocycles. The lowest BCUT2D eigenvalue weighted by Gasteiger charge is -2.32. The molecular weight excluding hydrogens is 404 g/mol. The quantitative estimate of drug-likeness (QED) is 0.586. The Kier molecular flexibility index (Phi) is 6.40. The summed E-state index contributed by atoms with van der Waals surface area (Å²) in [6.07, 6.45) is 6.07. The Labute approximate surface area is 177 Å². The van der Waals surface area contributed by atoms with Crippen molar-refractivity contribution in [2.75, 3.05) is 35.7 Å². The SMILES string of the molecule is CO[C@@H](C(=O)Nc1nnc(NC2CCN(c3cccnn3)CC2)s1)c1cccnc1. The third kappa shape index (κ3) is 4.86. The van der Waals surface area contributed by atoms with Crippen molar-refractivity contribution in [3.05, 3.63) is 48.4 Å². The van der Waals surface area contributed by atoms with Crippen LogP contribution < -0.4 is 15.5 Å². The molecule has 3 aromatic heterocycles. The molecule has 156 valence electrons. The largest absolute Gasteiger partial charge is 0.367 e. The summed E-state index contributed by atoms with van der Waals surface area (Å²) in [6, 6.07) is 7.71. The zero-order valence-corrected chi connectivity index (χ0v) is 17.2. The fraction of sp³-hybridized carbons (Fsp3) is 0.368. The van der Waals surface area contributed by atoms with Gasteiger partial charge in [0.2, 0.25) is 10.3 Å². The molecule has 0 unspecified atom stereocenters. The van der Waals surface area contributed by atoms with Gasteiger partial charge >= 0.3 is 0 Å². The molecule has 1 atom stereocenters. The predicted molar refractivity (Wildman–Crippen MR) is 113 cm³/mol. The fourth-order valence-corrected chi connectivity index (χ4v) is 4.04. The Balaban J connectivity index is 1.30. The highest BCUT2D eigenvalue weighted by atomic mass is 32.1. The van der Waals surface area contributed by atoms with E-state index >= 15 is 0 Å². The van der Waals surface area contributed by atoms with Gasteiger partial charge < -0.3 is 15.0 Å².